The van der Waals surface area contributed by atoms with Gasteiger partial charge in [0.1, 0.15) is 29.0 Å². The van der Waals surface area contributed by atoms with Crippen molar-refractivity contribution in [2.75, 3.05) is 6.61 Å². The van der Waals surface area contributed by atoms with E-state index in [4.69, 9.17) is 20.0 Å². The number of rotatable bonds is 5. The average molecular weight is 314 g/mol. The second-order valence-corrected chi connectivity index (χ2v) is 4.52. The highest BCUT2D eigenvalue weighted by Crippen LogP contribution is 2.40. The number of halogens is 2. The second-order valence-electron chi connectivity index (χ2n) is 4.52. The van der Waals surface area contributed by atoms with E-state index in [-0.39, 0.29) is 12.4 Å². The van der Waals surface area contributed by atoms with Crippen LogP contribution in [0.1, 0.15) is 24.5 Å². The van der Waals surface area contributed by atoms with Crippen molar-refractivity contribution >= 4 is 0 Å². The molecule has 2 rings (SSSR count). The zero-order valence-electron chi connectivity index (χ0n) is 12.3. The van der Waals surface area contributed by atoms with Gasteiger partial charge in [-0.3, -0.25) is 0 Å². The summed E-state index contributed by atoms with van der Waals surface area (Å²) in [4.78, 5) is 0. The maximum absolute atomic E-state index is 14.5. The van der Waals surface area contributed by atoms with Crippen LogP contribution in [0.2, 0.25) is 0 Å². The molecule has 0 atom stereocenters. The lowest BCUT2D eigenvalue weighted by atomic mass is 10.1. The largest absolute Gasteiger partial charge is 0.487 e. The number of nitriles is 2. The Bertz CT molecular complexity index is 793. The summed E-state index contributed by atoms with van der Waals surface area (Å²) in [6.07, 6.45) is 0.549. The van der Waals surface area contributed by atoms with Crippen LogP contribution >= 0.6 is 0 Å². The summed E-state index contributed by atoms with van der Waals surface area (Å²) in [6.45, 7) is 1.90. The first-order valence-corrected chi connectivity index (χ1v) is 6.84. The Hall–Kier alpha value is -3.12. The number of benzene rings is 2. The fraction of sp³-hybridized carbons (Fsp3) is 0.176. The maximum Gasteiger partial charge on any atom is 0.209 e. The normalized spacial score (nSPS) is 9.78. The van der Waals surface area contributed by atoms with Gasteiger partial charge in [0.2, 0.25) is 11.5 Å². The van der Waals surface area contributed by atoms with E-state index in [2.05, 4.69) is 0 Å². The number of ether oxygens (including phenoxy) is 2. The molecule has 0 aliphatic heterocycles. The van der Waals surface area contributed by atoms with Gasteiger partial charge in [-0.2, -0.15) is 10.5 Å². The highest BCUT2D eigenvalue weighted by molar-refractivity contribution is 5.59. The van der Waals surface area contributed by atoms with Gasteiger partial charge in [0.25, 0.3) is 0 Å². The molecule has 0 aliphatic carbocycles. The van der Waals surface area contributed by atoms with Crippen molar-refractivity contribution in [3.05, 3.63) is 53.1 Å². The van der Waals surface area contributed by atoms with E-state index in [1.807, 2.05) is 0 Å². The quantitative estimate of drug-likeness (QED) is 0.825. The van der Waals surface area contributed by atoms with Gasteiger partial charge in [-0.25, -0.2) is 8.78 Å². The molecule has 2 aromatic carbocycles. The molecule has 0 saturated carbocycles. The summed E-state index contributed by atoms with van der Waals surface area (Å²) < 4.78 is 39.5. The molecular weight excluding hydrogens is 302 g/mol. The third kappa shape index (κ3) is 3.22. The molecule has 0 N–H and O–H groups in total. The molecule has 0 saturated heterocycles. The summed E-state index contributed by atoms with van der Waals surface area (Å²) in [5, 5.41) is 18.0. The van der Waals surface area contributed by atoms with E-state index in [0.717, 1.165) is 0 Å². The standard InChI is InChI=1S/C17H12F2N2O2/c1-2-8-22-16-14(18)12(9-20)13(10-21)15(19)17(16)23-11-6-4-3-5-7-11/h3-7H,2,8H2,1H3. The second kappa shape index (κ2) is 7.24. The highest BCUT2D eigenvalue weighted by Gasteiger charge is 2.27. The van der Waals surface area contributed by atoms with Crippen LogP contribution in [0.3, 0.4) is 0 Å². The molecule has 0 aliphatic rings. The Morgan fingerprint density at radius 2 is 1.52 bits per heavy atom. The Labute approximate surface area is 132 Å². The zero-order valence-corrected chi connectivity index (χ0v) is 12.3. The summed E-state index contributed by atoms with van der Waals surface area (Å²) in [5.74, 6) is -3.03. The van der Waals surface area contributed by atoms with E-state index in [1.54, 1.807) is 37.3 Å². The minimum Gasteiger partial charge on any atom is -0.487 e. The number of para-hydroxylation sites is 1. The SMILES string of the molecule is CCCOc1c(F)c(C#N)c(C#N)c(F)c1Oc1ccccc1. The van der Waals surface area contributed by atoms with Gasteiger partial charge >= 0.3 is 0 Å². The Morgan fingerprint density at radius 3 is 2.04 bits per heavy atom. The Morgan fingerprint density at radius 1 is 0.957 bits per heavy atom. The summed E-state index contributed by atoms with van der Waals surface area (Å²) in [7, 11) is 0. The van der Waals surface area contributed by atoms with Crippen molar-refractivity contribution in [1.82, 2.24) is 0 Å². The van der Waals surface area contributed by atoms with Gasteiger partial charge in [-0.15, -0.1) is 0 Å². The smallest absolute Gasteiger partial charge is 0.209 e. The number of hydrogen-bond donors (Lipinski definition) is 0. The van der Waals surface area contributed by atoms with Crippen LogP contribution in [0, 0.1) is 34.3 Å². The number of hydrogen-bond acceptors (Lipinski definition) is 4. The first-order valence-electron chi connectivity index (χ1n) is 6.84. The minimum atomic E-state index is -1.12. The van der Waals surface area contributed by atoms with E-state index in [0.29, 0.717) is 6.42 Å². The lowest BCUT2D eigenvalue weighted by Crippen LogP contribution is -2.06. The third-order valence-electron chi connectivity index (χ3n) is 2.93. The molecule has 0 bridgehead atoms. The predicted molar refractivity (Wildman–Crippen MR) is 78.1 cm³/mol. The molecule has 0 spiro atoms. The van der Waals surface area contributed by atoms with E-state index >= 15 is 0 Å². The van der Waals surface area contributed by atoms with Crippen molar-refractivity contribution in [3.63, 3.8) is 0 Å². The Balaban J connectivity index is 2.65. The van der Waals surface area contributed by atoms with Gasteiger partial charge in [-0.1, -0.05) is 25.1 Å². The van der Waals surface area contributed by atoms with Crippen molar-refractivity contribution in [2.24, 2.45) is 0 Å². The van der Waals surface area contributed by atoms with Crippen molar-refractivity contribution in [2.45, 2.75) is 13.3 Å². The fourth-order valence-electron chi connectivity index (χ4n) is 1.89. The maximum atomic E-state index is 14.5. The lowest BCUT2D eigenvalue weighted by Gasteiger charge is -2.15. The summed E-state index contributed by atoms with van der Waals surface area (Å²) >= 11 is 0. The number of nitrogens with zero attached hydrogens (tertiary/aromatic N) is 2. The minimum absolute atomic E-state index is 0.109. The third-order valence-corrected chi connectivity index (χ3v) is 2.93. The Kier molecular flexibility index (Phi) is 5.11. The molecule has 6 heteroatoms. The summed E-state index contributed by atoms with van der Waals surface area (Å²) in [6, 6.07) is 11.1. The molecule has 0 fully saturated rings. The van der Waals surface area contributed by atoms with Crippen LogP contribution in [-0.2, 0) is 0 Å². The molecule has 0 radical (unpaired) electrons. The van der Waals surface area contributed by atoms with Crippen LogP contribution in [0.4, 0.5) is 8.78 Å². The van der Waals surface area contributed by atoms with E-state index < -0.39 is 34.3 Å². The van der Waals surface area contributed by atoms with E-state index in [9.17, 15) is 8.78 Å². The average Bonchev–Trinajstić information content (AvgIpc) is 2.58. The van der Waals surface area contributed by atoms with Gasteiger partial charge in [-0.05, 0) is 18.6 Å². The molecule has 23 heavy (non-hydrogen) atoms. The van der Waals surface area contributed by atoms with Crippen LogP contribution in [-0.4, -0.2) is 6.61 Å². The fourth-order valence-corrected chi connectivity index (χ4v) is 1.89. The van der Waals surface area contributed by atoms with Gasteiger partial charge in [0.15, 0.2) is 11.6 Å². The molecule has 0 amide bonds. The molecule has 0 heterocycles. The van der Waals surface area contributed by atoms with Gasteiger partial charge in [0.05, 0.1) is 6.61 Å². The first-order chi connectivity index (χ1) is 11.1. The van der Waals surface area contributed by atoms with Crippen molar-refractivity contribution in [1.29, 1.82) is 10.5 Å². The van der Waals surface area contributed by atoms with Crippen molar-refractivity contribution < 1.29 is 18.3 Å². The zero-order chi connectivity index (χ0) is 16.8. The van der Waals surface area contributed by atoms with Crippen LogP contribution in [0.25, 0.3) is 0 Å². The van der Waals surface area contributed by atoms with Crippen LogP contribution in [0.5, 0.6) is 17.2 Å². The van der Waals surface area contributed by atoms with Gasteiger partial charge < -0.3 is 9.47 Å². The first kappa shape index (κ1) is 16.3. The molecule has 4 nitrogen and oxygen atoms in total. The molecule has 116 valence electrons. The monoisotopic (exact) mass is 314 g/mol. The topological polar surface area (TPSA) is 66.0 Å². The van der Waals surface area contributed by atoms with E-state index in [1.165, 1.54) is 12.1 Å². The predicted octanol–water partition coefficient (Wildman–Crippen LogP) is 4.29. The molecule has 0 unspecified atom stereocenters. The summed E-state index contributed by atoms with van der Waals surface area (Å²) in [5.41, 5.74) is -1.41. The van der Waals surface area contributed by atoms with Crippen LogP contribution in [0.15, 0.2) is 30.3 Å². The van der Waals surface area contributed by atoms with Gasteiger partial charge in [0, 0.05) is 0 Å². The molecule has 2 aromatic rings. The van der Waals surface area contributed by atoms with Crippen LogP contribution < -0.4 is 9.47 Å². The lowest BCUT2D eigenvalue weighted by molar-refractivity contribution is 0.280. The molecular formula is C17H12F2N2O2. The highest BCUT2D eigenvalue weighted by atomic mass is 19.1. The van der Waals surface area contributed by atoms with Crippen molar-refractivity contribution in [3.8, 4) is 29.4 Å². The molecule has 0 aromatic heterocycles.